The van der Waals surface area contributed by atoms with Gasteiger partial charge in [0.1, 0.15) is 11.6 Å². The summed E-state index contributed by atoms with van der Waals surface area (Å²) in [7, 11) is 0. The number of anilines is 1. The molecule has 0 aliphatic heterocycles. The van der Waals surface area contributed by atoms with E-state index in [-0.39, 0.29) is 11.3 Å². The van der Waals surface area contributed by atoms with Crippen molar-refractivity contribution in [3.63, 3.8) is 0 Å². The second-order valence-corrected chi connectivity index (χ2v) is 21.3. The summed E-state index contributed by atoms with van der Waals surface area (Å²) in [6.45, 7) is 6.89. The van der Waals surface area contributed by atoms with Gasteiger partial charge in [-0.2, -0.15) is 5.26 Å². The maximum absolute atomic E-state index is 11.2. The van der Waals surface area contributed by atoms with Gasteiger partial charge in [0.15, 0.2) is 0 Å². The fraction of sp³-hybridized carbons (Fsp3) is 0.667. The number of unbranched alkanes of at least 4 members (excludes halogenated alkanes) is 38. The fourth-order valence-electron chi connectivity index (χ4n) is 10.2. The van der Waals surface area contributed by atoms with Gasteiger partial charge in [0.2, 0.25) is 0 Å². The number of hydrogen-bond acceptors (Lipinski definition) is 5. The summed E-state index contributed by atoms with van der Waals surface area (Å²) in [6.07, 6.45) is 66.4. The number of nitro benzene ring substituents is 1. The normalized spacial score (nSPS) is 11.6. The Morgan fingerprint density at radius 2 is 0.778 bits per heavy atom. The lowest BCUT2D eigenvalue weighted by Gasteiger charge is -2.25. The Labute approximate surface area is 442 Å². The zero-order chi connectivity index (χ0) is 51.2. The monoisotopic (exact) mass is 985 g/mol. The van der Waals surface area contributed by atoms with Crippen LogP contribution in [0.15, 0.2) is 60.8 Å². The van der Waals surface area contributed by atoms with Crippen LogP contribution in [0.1, 0.15) is 299 Å². The standard InChI is InChI=1S/C66H104N4O2/c1-3-5-7-9-11-13-15-17-19-21-23-25-27-29-31-33-35-37-39-41-55-69(56-42-40-38-36-34-32-30-28-26-24-22-20-18-16-14-12-10-8-6-4-2)65-52-47-60(48-53-65)43-44-62-46-51-64(68-59-62)50-45-61-49-54-66(70(71)72)63(57-61)58-67/h43-54,57,59H,3-42,55-56H2,1-2H3. The Morgan fingerprint density at radius 1 is 0.444 bits per heavy atom. The van der Waals surface area contributed by atoms with Gasteiger partial charge in [0.25, 0.3) is 5.69 Å². The van der Waals surface area contributed by atoms with Crippen molar-refractivity contribution < 1.29 is 4.92 Å². The Balaban J connectivity index is 1.34. The Morgan fingerprint density at radius 3 is 1.12 bits per heavy atom. The first-order valence-corrected chi connectivity index (χ1v) is 30.4. The highest BCUT2D eigenvalue weighted by molar-refractivity contribution is 5.73. The van der Waals surface area contributed by atoms with Gasteiger partial charge in [0.05, 0.1) is 10.6 Å². The maximum atomic E-state index is 11.2. The van der Waals surface area contributed by atoms with Gasteiger partial charge >= 0.3 is 0 Å². The average molecular weight is 986 g/mol. The lowest BCUT2D eigenvalue weighted by Crippen LogP contribution is -2.25. The first-order chi connectivity index (χ1) is 35.5. The molecule has 1 heterocycles. The summed E-state index contributed by atoms with van der Waals surface area (Å²) in [5, 5.41) is 20.5. The van der Waals surface area contributed by atoms with Crippen molar-refractivity contribution >= 4 is 35.7 Å². The van der Waals surface area contributed by atoms with Crippen LogP contribution in [0.2, 0.25) is 0 Å². The number of hydrogen-bond donors (Lipinski definition) is 0. The van der Waals surface area contributed by atoms with Crippen LogP contribution < -0.4 is 4.90 Å². The molecule has 0 amide bonds. The molecule has 72 heavy (non-hydrogen) atoms. The smallest absolute Gasteiger partial charge is 0.287 e. The van der Waals surface area contributed by atoms with Crippen LogP contribution in [-0.2, 0) is 0 Å². The van der Waals surface area contributed by atoms with Gasteiger partial charge in [0, 0.05) is 31.0 Å². The highest BCUT2D eigenvalue weighted by Crippen LogP contribution is 2.23. The van der Waals surface area contributed by atoms with E-state index < -0.39 is 4.92 Å². The van der Waals surface area contributed by atoms with E-state index in [4.69, 9.17) is 0 Å². The van der Waals surface area contributed by atoms with Crippen LogP contribution in [-0.4, -0.2) is 23.0 Å². The second-order valence-electron chi connectivity index (χ2n) is 21.3. The number of nitro groups is 1. The molecule has 6 nitrogen and oxygen atoms in total. The summed E-state index contributed by atoms with van der Waals surface area (Å²) >= 11 is 0. The predicted molar refractivity (Wildman–Crippen MR) is 315 cm³/mol. The lowest BCUT2D eigenvalue weighted by molar-refractivity contribution is -0.385. The predicted octanol–water partition coefficient (Wildman–Crippen LogP) is 21.7. The van der Waals surface area contributed by atoms with Crippen molar-refractivity contribution in [1.29, 1.82) is 5.26 Å². The lowest BCUT2D eigenvalue weighted by atomic mass is 10.0. The Bertz CT molecular complexity index is 1800. The summed E-state index contributed by atoms with van der Waals surface area (Å²) < 4.78 is 0. The molecule has 0 spiro atoms. The van der Waals surface area contributed by atoms with Crippen molar-refractivity contribution in [3.05, 3.63) is 98.9 Å². The topological polar surface area (TPSA) is 83.1 Å². The Kier molecular flexibility index (Phi) is 38.2. The van der Waals surface area contributed by atoms with E-state index in [2.05, 4.69) is 60.1 Å². The molecule has 0 saturated carbocycles. The molecule has 0 saturated heterocycles. The molecule has 0 radical (unpaired) electrons. The number of rotatable bonds is 48. The second kappa shape index (κ2) is 44.3. The van der Waals surface area contributed by atoms with Crippen molar-refractivity contribution in [2.24, 2.45) is 0 Å². The van der Waals surface area contributed by atoms with Gasteiger partial charge in [-0.25, -0.2) is 0 Å². The minimum absolute atomic E-state index is 0.0495. The summed E-state index contributed by atoms with van der Waals surface area (Å²) in [5.41, 5.74) is 4.88. The van der Waals surface area contributed by atoms with E-state index in [9.17, 15) is 15.4 Å². The summed E-state index contributed by atoms with van der Waals surface area (Å²) in [4.78, 5) is 17.9. The largest absolute Gasteiger partial charge is 0.372 e. The van der Waals surface area contributed by atoms with E-state index in [1.807, 2.05) is 36.6 Å². The van der Waals surface area contributed by atoms with Crippen molar-refractivity contribution in [3.8, 4) is 6.07 Å². The third-order valence-electron chi connectivity index (χ3n) is 14.9. The van der Waals surface area contributed by atoms with Gasteiger partial charge in [-0.3, -0.25) is 15.1 Å². The number of aromatic nitrogens is 1. The first kappa shape index (κ1) is 62.1. The molecule has 0 unspecified atom stereocenters. The molecule has 2 aromatic carbocycles. The van der Waals surface area contributed by atoms with Crippen molar-refractivity contribution in [1.82, 2.24) is 4.98 Å². The summed E-state index contributed by atoms with van der Waals surface area (Å²) in [6, 6.07) is 19.6. The van der Waals surface area contributed by atoms with Crippen LogP contribution >= 0.6 is 0 Å². The first-order valence-electron chi connectivity index (χ1n) is 30.4. The molecular formula is C66H104N4O2. The molecule has 3 rings (SSSR count). The minimum atomic E-state index is -0.530. The molecule has 1 aromatic heterocycles. The van der Waals surface area contributed by atoms with Crippen molar-refractivity contribution in [2.75, 3.05) is 18.0 Å². The highest BCUT2D eigenvalue weighted by atomic mass is 16.6. The Hall–Kier alpha value is -4.24. The summed E-state index contributed by atoms with van der Waals surface area (Å²) in [5.74, 6) is 0. The SMILES string of the molecule is CCCCCCCCCCCCCCCCCCCCCCN(CCCCCCCCCCCCCCCCCCCCCC)c1ccc(C=Cc2ccc(C=Cc3ccc([N+](=O)[O-])c(C#N)c3)nc2)cc1. The van der Waals surface area contributed by atoms with Gasteiger partial charge in [-0.1, -0.05) is 294 Å². The molecule has 0 bridgehead atoms. The number of pyridine rings is 1. The number of nitriles is 1. The number of benzene rings is 2. The molecule has 3 aromatic rings. The van der Waals surface area contributed by atoms with Crippen molar-refractivity contribution in [2.45, 2.75) is 271 Å². The molecule has 0 N–H and O–H groups in total. The zero-order valence-corrected chi connectivity index (χ0v) is 46.4. The minimum Gasteiger partial charge on any atom is -0.372 e. The van der Waals surface area contributed by atoms with E-state index in [0.29, 0.717) is 5.56 Å². The van der Waals surface area contributed by atoms with Crippen LogP contribution in [0, 0.1) is 21.4 Å². The molecule has 400 valence electrons. The third-order valence-corrected chi connectivity index (χ3v) is 14.9. The molecule has 6 heteroatoms. The van der Waals surface area contributed by atoms with Crippen LogP contribution in [0.3, 0.4) is 0 Å². The van der Waals surface area contributed by atoms with Gasteiger partial charge < -0.3 is 4.90 Å². The van der Waals surface area contributed by atoms with Crippen LogP contribution in [0.5, 0.6) is 0 Å². The molecule has 0 aliphatic rings. The van der Waals surface area contributed by atoms with E-state index >= 15 is 0 Å². The zero-order valence-electron chi connectivity index (χ0n) is 46.4. The average Bonchev–Trinajstić information content (AvgIpc) is 3.40. The number of nitrogens with zero attached hydrogens (tertiary/aromatic N) is 4. The van der Waals surface area contributed by atoms with E-state index in [1.54, 1.807) is 6.07 Å². The molecule has 0 atom stereocenters. The van der Waals surface area contributed by atoms with Crippen LogP contribution in [0.4, 0.5) is 11.4 Å². The molecule has 0 aliphatic carbocycles. The molecule has 0 fully saturated rings. The van der Waals surface area contributed by atoms with Gasteiger partial charge in [-0.05, 0) is 65.9 Å². The fourth-order valence-corrected chi connectivity index (χ4v) is 10.2. The van der Waals surface area contributed by atoms with Crippen LogP contribution in [0.25, 0.3) is 24.3 Å². The third kappa shape index (κ3) is 32.1. The maximum Gasteiger partial charge on any atom is 0.287 e. The highest BCUT2D eigenvalue weighted by Gasteiger charge is 2.13. The van der Waals surface area contributed by atoms with E-state index in [1.165, 1.54) is 280 Å². The van der Waals surface area contributed by atoms with Gasteiger partial charge in [-0.15, -0.1) is 0 Å². The molecular weight excluding hydrogens is 881 g/mol. The van der Waals surface area contributed by atoms with E-state index in [0.717, 1.165) is 24.3 Å². The quantitative estimate of drug-likeness (QED) is 0.0320.